The van der Waals surface area contributed by atoms with E-state index in [1.165, 1.54) is 37.0 Å². The number of allylic oxidation sites excluding steroid dienone is 1. The Labute approximate surface area is 88.5 Å². The number of nitrogens with zero attached hydrogens (tertiary/aromatic N) is 1. The zero-order chi connectivity index (χ0) is 8.97. The van der Waals surface area contributed by atoms with E-state index in [-0.39, 0.29) is 0 Å². The smallest absolute Gasteiger partial charge is 0.0530 e. The lowest BCUT2D eigenvalue weighted by Crippen LogP contribution is -2.18. The Bertz CT molecular complexity index is 196. The molecule has 0 amide bonds. The van der Waals surface area contributed by atoms with Crippen LogP contribution in [0.2, 0.25) is 0 Å². The average molecular weight is 277 g/mol. The number of halogens is 1. The number of hydrogen-bond donors (Lipinski definition) is 0. The monoisotopic (exact) mass is 277 g/mol. The molecule has 1 saturated carbocycles. The SMILES string of the molecule is C=C1CCCCCC(I)/C1=N/C. The van der Waals surface area contributed by atoms with E-state index in [0.717, 1.165) is 6.42 Å². The molecule has 0 aromatic carbocycles. The van der Waals surface area contributed by atoms with Crippen LogP contribution in [0.4, 0.5) is 0 Å². The van der Waals surface area contributed by atoms with Crippen LogP contribution in [0, 0.1) is 0 Å². The molecule has 0 radical (unpaired) electrons. The van der Waals surface area contributed by atoms with Crippen molar-refractivity contribution < 1.29 is 0 Å². The van der Waals surface area contributed by atoms with E-state index in [2.05, 4.69) is 34.2 Å². The standard InChI is InChI=1S/C10H16IN/c1-8-6-4-3-5-7-9(11)10(8)12-2/h9H,1,3-7H2,2H3/b12-10+. The fourth-order valence-electron chi connectivity index (χ4n) is 1.62. The van der Waals surface area contributed by atoms with E-state index in [9.17, 15) is 0 Å². The largest absolute Gasteiger partial charge is 0.292 e. The van der Waals surface area contributed by atoms with Crippen LogP contribution in [0.3, 0.4) is 0 Å². The van der Waals surface area contributed by atoms with Crippen molar-refractivity contribution in [3.63, 3.8) is 0 Å². The quantitative estimate of drug-likeness (QED) is 0.475. The summed E-state index contributed by atoms with van der Waals surface area (Å²) >= 11 is 2.48. The topological polar surface area (TPSA) is 12.4 Å². The van der Waals surface area contributed by atoms with Gasteiger partial charge in [-0.15, -0.1) is 0 Å². The van der Waals surface area contributed by atoms with Gasteiger partial charge in [0.2, 0.25) is 0 Å². The highest BCUT2D eigenvalue weighted by molar-refractivity contribution is 14.1. The molecule has 0 N–H and O–H groups in total. The normalized spacial score (nSPS) is 30.0. The number of aliphatic imine (C=N–C) groups is 1. The van der Waals surface area contributed by atoms with Crippen LogP contribution in [0.5, 0.6) is 0 Å². The summed E-state index contributed by atoms with van der Waals surface area (Å²) in [7, 11) is 1.88. The molecule has 0 spiro atoms. The molecule has 1 aliphatic carbocycles. The van der Waals surface area contributed by atoms with Gasteiger partial charge in [-0.1, -0.05) is 42.0 Å². The molecular formula is C10H16IN. The Morgan fingerprint density at radius 1 is 1.42 bits per heavy atom. The first-order valence-electron chi connectivity index (χ1n) is 4.54. The van der Waals surface area contributed by atoms with Crippen LogP contribution in [0.15, 0.2) is 17.1 Å². The van der Waals surface area contributed by atoms with Crippen LogP contribution < -0.4 is 0 Å². The highest BCUT2D eigenvalue weighted by Gasteiger charge is 2.16. The van der Waals surface area contributed by atoms with E-state index < -0.39 is 0 Å². The predicted octanol–water partition coefficient (Wildman–Crippen LogP) is 3.38. The number of alkyl halides is 1. The van der Waals surface area contributed by atoms with Crippen LogP contribution in [0.25, 0.3) is 0 Å². The third kappa shape index (κ3) is 2.57. The van der Waals surface area contributed by atoms with E-state index in [1.54, 1.807) is 0 Å². The van der Waals surface area contributed by atoms with Gasteiger partial charge in [-0.25, -0.2) is 0 Å². The Kier molecular flexibility index (Phi) is 4.26. The third-order valence-electron chi connectivity index (χ3n) is 2.34. The van der Waals surface area contributed by atoms with Crippen molar-refractivity contribution in [1.82, 2.24) is 0 Å². The summed E-state index contributed by atoms with van der Waals surface area (Å²) in [5.74, 6) is 0. The molecule has 2 heteroatoms. The molecule has 0 aliphatic heterocycles. The molecule has 1 fully saturated rings. The molecule has 1 atom stereocenters. The van der Waals surface area contributed by atoms with Gasteiger partial charge in [0.25, 0.3) is 0 Å². The Hall–Kier alpha value is 0.140. The van der Waals surface area contributed by atoms with Crippen molar-refractivity contribution in [2.75, 3.05) is 7.05 Å². The first kappa shape index (κ1) is 10.2. The summed E-state index contributed by atoms with van der Waals surface area (Å²) in [5.41, 5.74) is 2.51. The van der Waals surface area contributed by atoms with Gasteiger partial charge in [0.15, 0.2) is 0 Å². The van der Waals surface area contributed by atoms with E-state index in [0.29, 0.717) is 3.92 Å². The zero-order valence-corrected chi connectivity index (χ0v) is 9.80. The molecule has 1 unspecified atom stereocenters. The maximum atomic E-state index is 4.32. The molecule has 0 aromatic heterocycles. The molecule has 0 aromatic rings. The van der Waals surface area contributed by atoms with Crippen LogP contribution in [-0.2, 0) is 0 Å². The molecular weight excluding hydrogens is 261 g/mol. The second-order valence-corrected chi connectivity index (χ2v) is 4.78. The van der Waals surface area contributed by atoms with Gasteiger partial charge in [0.05, 0.1) is 3.92 Å². The van der Waals surface area contributed by atoms with Gasteiger partial charge in [-0.2, -0.15) is 0 Å². The Morgan fingerprint density at radius 3 is 2.83 bits per heavy atom. The van der Waals surface area contributed by atoms with Crippen LogP contribution >= 0.6 is 22.6 Å². The van der Waals surface area contributed by atoms with Crippen molar-refractivity contribution in [1.29, 1.82) is 0 Å². The maximum absolute atomic E-state index is 4.32. The molecule has 1 rings (SSSR count). The molecule has 1 aliphatic rings. The average Bonchev–Trinajstić information content (AvgIpc) is 2.02. The van der Waals surface area contributed by atoms with E-state index in [1.807, 2.05) is 7.05 Å². The molecule has 0 heterocycles. The lowest BCUT2D eigenvalue weighted by atomic mass is 9.95. The third-order valence-corrected chi connectivity index (χ3v) is 3.55. The highest BCUT2D eigenvalue weighted by Crippen LogP contribution is 2.23. The van der Waals surface area contributed by atoms with Crippen molar-refractivity contribution in [3.8, 4) is 0 Å². The van der Waals surface area contributed by atoms with E-state index >= 15 is 0 Å². The van der Waals surface area contributed by atoms with Crippen molar-refractivity contribution in [3.05, 3.63) is 12.2 Å². The minimum atomic E-state index is 0.598. The fourth-order valence-corrected chi connectivity index (χ4v) is 2.78. The lowest BCUT2D eigenvalue weighted by molar-refractivity contribution is 0.650. The summed E-state index contributed by atoms with van der Waals surface area (Å²) in [6.07, 6.45) is 6.41. The van der Waals surface area contributed by atoms with Gasteiger partial charge in [0.1, 0.15) is 0 Å². The Morgan fingerprint density at radius 2 is 2.17 bits per heavy atom. The minimum Gasteiger partial charge on any atom is -0.292 e. The van der Waals surface area contributed by atoms with E-state index in [4.69, 9.17) is 0 Å². The molecule has 12 heavy (non-hydrogen) atoms. The maximum Gasteiger partial charge on any atom is 0.0530 e. The number of rotatable bonds is 0. The second-order valence-electron chi connectivity index (χ2n) is 3.28. The summed E-state index contributed by atoms with van der Waals surface area (Å²) in [4.78, 5) is 4.32. The van der Waals surface area contributed by atoms with Crippen LogP contribution in [-0.4, -0.2) is 16.7 Å². The lowest BCUT2D eigenvalue weighted by Gasteiger charge is -2.18. The van der Waals surface area contributed by atoms with Gasteiger partial charge in [-0.3, -0.25) is 4.99 Å². The first-order chi connectivity index (χ1) is 5.75. The summed E-state index contributed by atoms with van der Waals surface area (Å²) in [6, 6.07) is 0. The van der Waals surface area contributed by atoms with Gasteiger partial charge in [-0.05, 0) is 24.8 Å². The number of hydrogen-bond acceptors (Lipinski definition) is 1. The summed E-state index contributed by atoms with van der Waals surface area (Å²) in [6.45, 7) is 4.08. The fraction of sp³-hybridized carbons (Fsp3) is 0.700. The molecule has 68 valence electrons. The van der Waals surface area contributed by atoms with Gasteiger partial charge in [0, 0.05) is 12.8 Å². The molecule has 0 bridgehead atoms. The molecule has 0 saturated heterocycles. The van der Waals surface area contributed by atoms with Gasteiger partial charge < -0.3 is 0 Å². The summed E-state index contributed by atoms with van der Waals surface area (Å²) in [5, 5.41) is 0. The Balaban J connectivity index is 2.68. The van der Waals surface area contributed by atoms with Crippen LogP contribution in [0.1, 0.15) is 32.1 Å². The predicted molar refractivity (Wildman–Crippen MR) is 63.4 cm³/mol. The van der Waals surface area contributed by atoms with Gasteiger partial charge >= 0.3 is 0 Å². The molecule has 1 nitrogen and oxygen atoms in total. The second kappa shape index (κ2) is 5.00. The summed E-state index contributed by atoms with van der Waals surface area (Å²) < 4.78 is 0.598. The minimum absolute atomic E-state index is 0.598. The zero-order valence-electron chi connectivity index (χ0n) is 7.65. The first-order valence-corrected chi connectivity index (χ1v) is 5.79. The van der Waals surface area contributed by atoms with Crippen molar-refractivity contribution in [2.24, 2.45) is 4.99 Å². The van der Waals surface area contributed by atoms with Crippen molar-refractivity contribution in [2.45, 2.75) is 36.0 Å². The highest BCUT2D eigenvalue weighted by atomic mass is 127. The van der Waals surface area contributed by atoms with Crippen molar-refractivity contribution >= 4 is 28.3 Å².